The number of methoxy groups -OCH3 is 1. The summed E-state index contributed by atoms with van der Waals surface area (Å²) in [7, 11) is 3.49. The molecule has 0 aliphatic carbocycles. The minimum Gasteiger partial charge on any atom is -0.497 e. The lowest BCUT2D eigenvalue weighted by Gasteiger charge is -2.20. The van der Waals surface area contributed by atoms with Crippen LogP contribution in [0.3, 0.4) is 0 Å². The van der Waals surface area contributed by atoms with Gasteiger partial charge in [0.2, 0.25) is 0 Å². The summed E-state index contributed by atoms with van der Waals surface area (Å²) < 4.78 is 7.17. The molecule has 1 N–H and O–H groups in total. The van der Waals surface area contributed by atoms with Crippen molar-refractivity contribution in [2.45, 2.75) is 6.04 Å². The van der Waals surface area contributed by atoms with Crippen LogP contribution >= 0.6 is 11.6 Å². The first-order valence-electron chi connectivity index (χ1n) is 7.76. The molecule has 1 unspecified atom stereocenters. The fraction of sp³-hybridized carbons (Fsp3) is 0.158. The minimum absolute atomic E-state index is 0.263. The summed E-state index contributed by atoms with van der Waals surface area (Å²) in [6.45, 7) is 0. The van der Waals surface area contributed by atoms with Gasteiger partial charge in [-0.3, -0.25) is 4.79 Å². The maximum absolute atomic E-state index is 12.7. The van der Waals surface area contributed by atoms with Crippen molar-refractivity contribution in [3.63, 3.8) is 0 Å². The van der Waals surface area contributed by atoms with Crippen molar-refractivity contribution in [2.24, 2.45) is 7.05 Å². The Morgan fingerprint density at radius 1 is 1.24 bits per heavy atom. The minimum atomic E-state index is -0.432. The van der Waals surface area contributed by atoms with Crippen molar-refractivity contribution < 1.29 is 9.53 Å². The van der Waals surface area contributed by atoms with E-state index in [0.717, 1.165) is 5.56 Å². The Balaban J connectivity index is 1.99. The molecule has 3 rings (SSSR count). The predicted octanol–water partition coefficient (Wildman–Crippen LogP) is 3.60. The number of nitrogens with zero attached hydrogens (tertiary/aromatic N) is 2. The van der Waals surface area contributed by atoms with E-state index in [4.69, 9.17) is 16.3 Å². The van der Waals surface area contributed by atoms with Crippen molar-refractivity contribution >= 4 is 17.5 Å². The Labute approximate surface area is 151 Å². The van der Waals surface area contributed by atoms with E-state index in [1.54, 1.807) is 37.6 Å². The number of aryl methyl sites for hydroxylation is 1. The molecule has 0 saturated heterocycles. The molecule has 1 amide bonds. The van der Waals surface area contributed by atoms with Crippen LogP contribution in [0.2, 0.25) is 5.02 Å². The number of hydrogen-bond acceptors (Lipinski definition) is 3. The fourth-order valence-corrected chi connectivity index (χ4v) is 2.85. The van der Waals surface area contributed by atoms with Gasteiger partial charge in [-0.2, -0.15) is 0 Å². The topological polar surface area (TPSA) is 56.1 Å². The van der Waals surface area contributed by atoms with Gasteiger partial charge >= 0.3 is 0 Å². The Hall–Kier alpha value is -2.79. The molecule has 5 nitrogen and oxygen atoms in total. The van der Waals surface area contributed by atoms with E-state index in [-0.39, 0.29) is 5.91 Å². The van der Waals surface area contributed by atoms with E-state index in [2.05, 4.69) is 10.3 Å². The average Bonchev–Trinajstić information content (AvgIpc) is 3.05. The second kappa shape index (κ2) is 7.40. The van der Waals surface area contributed by atoms with Crippen molar-refractivity contribution in [3.05, 3.63) is 82.9 Å². The van der Waals surface area contributed by atoms with Crippen molar-refractivity contribution in [3.8, 4) is 5.75 Å². The molecule has 0 aliphatic heterocycles. The summed E-state index contributed by atoms with van der Waals surface area (Å²) in [5.74, 6) is 1.17. The van der Waals surface area contributed by atoms with Crippen LogP contribution in [-0.4, -0.2) is 22.6 Å². The van der Waals surface area contributed by atoms with Crippen LogP contribution < -0.4 is 10.1 Å². The molecular weight excluding hydrogens is 338 g/mol. The molecule has 0 spiro atoms. The van der Waals surface area contributed by atoms with Crippen molar-refractivity contribution in [1.82, 2.24) is 14.9 Å². The second-order valence-electron chi connectivity index (χ2n) is 5.56. The Morgan fingerprint density at radius 2 is 2.04 bits per heavy atom. The quantitative estimate of drug-likeness (QED) is 0.760. The number of amides is 1. The van der Waals surface area contributed by atoms with E-state index in [1.165, 1.54) is 0 Å². The van der Waals surface area contributed by atoms with Crippen LogP contribution in [0.4, 0.5) is 0 Å². The number of imidazole rings is 1. The molecule has 0 fully saturated rings. The van der Waals surface area contributed by atoms with E-state index >= 15 is 0 Å². The molecule has 0 bridgehead atoms. The lowest BCUT2D eigenvalue weighted by molar-refractivity contribution is 0.0941. The summed E-state index contributed by atoms with van der Waals surface area (Å²) >= 11 is 6.15. The monoisotopic (exact) mass is 355 g/mol. The maximum atomic E-state index is 12.7. The largest absolute Gasteiger partial charge is 0.497 e. The van der Waals surface area contributed by atoms with E-state index in [1.807, 2.05) is 42.1 Å². The van der Waals surface area contributed by atoms with Gasteiger partial charge in [0, 0.05) is 19.4 Å². The normalized spacial score (nSPS) is 11.8. The molecule has 1 aromatic heterocycles. The first-order chi connectivity index (χ1) is 12.1. The lowest BCUT2D eigenvalue weighted by Crippen LogP contribution is -2.31. The van der Waals surface area contributed by atoms with E-state index < -0.39 is 6.04 Å². The van der Waals surface area contributed by atoms with Gasteiger partial charge in [-0.05, 0) is 29.8 Å². The van der Waals surface area contributed by atoms with Crippen LogP contribution in [0.5, 0.6) is 5.75 Å². The average molecular weight is 356 g/mol. The zero-order valence-electron chi connectivity index (χ0n) is 13.9. The molecular formula is C19H18ClN3O2. The summed E-state index contributed by atoms with van der Waals surface area (Å²) in [5, 5.41) is 3.43. The number of aromatic nitrogens is 2. The molecule has 6 heteroatoms. The number of hydrogen-bond donors (Lipinski definition) is 1. The Morgan fingerprint density at radius 3 is 2.72 bits per heavy atom. The summed E-state index contributed by atoms with van der Waals surface area (Å²) in [6.07, 6.45) is 3.54. The summed E-state index contributed by atoms with van der Waals surface area (Å²) in [5.41, 5.74) is 1.29. The van der Waals surface area contributed by atoms with Crippen LogP contribution in [0.1, 0.15) is 27.8 Å². The number of benzene rings is 2. The van der Waals surface area contributed by atoms with Gasteiger partial charge in [-0.1, -0.05) is 35.9 Å². The smallest absolute Gasteiger partial charge is 0.253 e. The summed E-state index contributed by atoms with van der Waals surface area (Å²) in [6, 6.07) is 14.1. The molecule has 1 atom stereocenters. The zero-order chi connectivity index (χ0) is 17.8. The third kappa shape index (κ3) is 3.67. The molecule has 1 heterocycles. The van der Waals surface area contributed by atoms with Crippen LogP contribution in [-0.2, 0) is 7.05 Å². The number of halogens is 1. The van der Waals surface area contributed by atoms with Gasteiger partial charge in [-0.25, -0.2) is 4.98 Å². The summed E-state index contributed by atoms with van der Waals surface area (Å²) in [4.78, 5) is 17.1. The number of rotatable bonds is 5. The van der Waals surface area contributed by atoms with E-state index in [0.29, 0.717) is 22.2 Å². The molecule has 2 aromatic carbocycles. The highest BCUT2D eigenvalue weighted by Gasteiger charge is 2.22. The first-order valence-corrected chi connectivity index (χ1v) is 8.14. The highest BCUT2D eigenvalue weighted by atomic mass is 35.5. The SMILES string of the molecule is COc1cccc(C(NC(=O)c2ccccc2Cl)c2nccn2C)c1. The molecule has 0 saturated carbocycles. The Bertz CT molecular complexity index is 892. The highest BCUT2D eigenvalue weighted by molar-refractivity contribution is 6.33. The van der Waals surface area contributed by atoms with Gasteiger partial charge in [0.05, 0.1) is 17.7 Å². The number of carbonyl (C=O) groups excluding carboxylic acids is 1. The van der Waals surface area contributed by atoms with Gasteiger partial charge in [0.1, 0.15) is 17.6 Å². The first kappa shape index (κ1) is 17.0. The standard InChI is InChI=1S/C19H18ClN3O2/c1-23-11-10-21-18(23)17(13-6-5-7-14(12-13)25-2)22-19(24)15-8-3-4-9-16(15)20/h3-12,17H,1-2H3,(H,22,24). The van der Waals surface area contributed by atoms with Crippen molar-refractivity contribution in [1.29, 1.82) is 0 Å². The molecule has 128 valence electrons. The fourth-order valence-electron chi connectivity index (χ4n) is 2.63. The molecule has 25 heavy (non-hydrogen) atoms. The molecule has 0 radical (unpaired) electrons. The lowest BCUT2D eigenvalue weighted by atomic mass is 10.0. The number of carbonyl (C=O) groups is 1. The predicted molar refractivity (Wildman–Crippen MR) is 97.0 cm³/mol. The Kier molecular flexibility index (Phi) is 5.05. The van der Waals surface area contributed by atoms with Gasteiger partial charge in [0.25, 0.3) is 5.91 Å². The third-order valence-corrected chi connectivity index (χ3v) is 4.27. The van der Waals surface area contributed by atoms with Gasteiger partial charge < -0.3 is 14.6 Å². The number of ether oxygens (including phenoxy) is 1. The number of nitrogens with one attached hydrogen (secondary N) is 1. The zero-order valence-corrected chi connectivity index (χ0v) is 14.7. The van der Waals surface area contributed by atoms with Crippen molar-refractivity contribution in [2.75, 3.05) is 7.11 Å². The highest BCUT2D eigenvalue weighted by Crippen LogP contribution is 2.25. The molecule has 3 aromatic rings. The van der Waals surface area contributed by atoms with Gasteiger partial charge in [0.15, 0.2) is 0 Å². The van der Waals surface area contributed by atoms with Crippen LogP contribution in [0.25, 0.3) is 0 Å². The van der Waals surface area contributed by atoms with E-state index in [9.17, 15) is 4.79 Å². The van der Waals surface area contributed by atoms with Gasteiger partial charge in [-0.15, -0.1) is 0 Å². The van der Waals surface area contributed by atoms with Crippen LogP contribution in [0, 0.1) is 0 Å². The third-order valence-electron chi connectivity index (χ3n) is 3.94. The van der Waals surface area contributed by atoms with Crippen LogP contribution in [0.15, 0.2) is 60.9 Å². The maximum Gasteiger partial charge on any atom is 0.253 e. The second-order valence-corrected chi connectivity index (χ2v) is 5.97. The molecule has 0 aliphatic rings.